The average molecular weight is 534 g/mol. The first-order valence-electron chi connectivity index (χ1n) is 10.4. The maximum atomic E-state index is 13.4. The number of nitrogens with zero attached hydrogens (tertiary/aromatic N) is 5. The summed E-state index contributed by atoms with van der Waals surface area (Å²) in [4.78, 5) is 18.8. The second kappa shape index (κ2) is 8.62. The summed E-state index contributed by atoms with van der Waals surface area (Å²) in [6.45, 7) is 0.0880. The van der Waals surface area contributed by atoms with E-state index in [1.807, 2.05) is 0 Å². The summed E-state index contributed by atoms with van der Waals surface area (Å²) >= 11 is 5.98. The van der Waals surface area contributed by atoms with Crippen LogP contribution in [0, 0.1) is 0 Å². The van der Waals surface area contributed by atoms with Crippen molar-refractivity contribution in [1.29, 1.82) is 0 Å². The van der Waals surface area contributed by atoms with Crippen molar-refractivity contribution in [2.75, 3.05) is 13.2 Å². The zero-order valence-corrected chi connectivity index (χ0v) is 18.6. The van der Waals surface area contributed by atoms with E-state index < -0.39 is 46.9 Å². The highest BCUT2D eigenvalue weighted by Crippen LogP contribution is 2.40. The second-order valence-electron chi connectivity index (χ2n) is 8.00. The Morgan fingerprint density at radius 1 is 1.11 bits per heavy atom. The van der Waals surface area contributed by atoms with Crippen LogP contribution in [0.2, 0.25) is 5.02 Å². The molecule has 36 heavy (non-hydrogen) atoms. The standard InChI is InChI=1S/C21H14ClF6N5O3/c22-16-12(2-1-3-13(16)20(23,24)25)19(34)33-10-7-32-17(30-31-18(32)15(33)9-35-8-10)14-6-11(4-5-29-14)36-21(26,27)28/h1-6,10,15H,7-9H2/t10-,15-/m1/s1. The van der Waals surface area contributed by atoms with E-state index in [2.05, 4.69) is 19.9 Å². The molecule has 4 heterocycles. The Morgan fingerprint density at radius 3 is 2.61 bits per heavy atom. The van der Waals surface area contributed by atoms with E-state index in [0.29, 0.717) is 0 Å². The van der Waals surface area contributed by atoms with E-state index in [1.54, 1.807) is 4.57 Å². The van der Waals surface area contributed by atoms with Crippen LogP contribution in [-0.4, -0.2) is 56.2 Å². The number of benzene rings is 1. The van der Waals surface area contributed by atoms with Crippen LogP contribution < -0.4 is 4.74 Å². The van der Waals surface area contributed by atoms with Crippen LogP contribution in [0.25, 0.3) is 11.5 Å². The van der Waals surface area contributed by atoms with Gasteiger partial charge in [-0.3, -0.25) is 9.78 Å². The fourth-order valence-electron chi connectivity index (χ4n) is 4.31. The van der Waals surface area contributed by atoms with Crippen LogP contribution in [0.15, 0.2) is 36.5 Å². The minimum Gasteiger partial charge on any atom is -0.406 e. The third-order valence-electron chi connectivity index (χ3n) is 5.75. The number of ether oxygens (including phenoxy) is 2. The molecule has 3 aromatic rings. The van der Waals surface area contributed by atoms with E-state index in [9.17, 15) is 31.1 Å². The third kappa shape index (κ3) is 4.34. The number of pyridine rings is 1. The quantitative estimate of drug-likeness (QED) is 0.461. The zero-order chi connectivity index (χ0) is 25.8. The predicted octanol–water partition coefficient (Wildman–Crippen LogP) is 4.51. The molecule has 1 amide bonds. The van der Waals surface area contributed by atoms with E-state index in [4.69, 9.17) is 16.3 Å². The van der Waals surface area contributed by atoms with E-state index >= 15 is 0 Å². The lowest BCUT2D eigenvalue weighted by molar-refractivity contribution is -0.274. The van der Waals surface area contributed by atoms with Crippen LogP contribution in [0.4, 0.5) is 26.3 Å². The normalized spacial score (nSPS) is 19.7. The van der Waals surface area contributed by atoms with Gasteiger partial charge in [-0.15, -0.1) is 23.4 Å². The van der Waals surface area contributed by atoms with Gasteiger partial charge in [-0.1, -0.05) is 17.7 Å². The van der Waals surface area contributed by atoms with Crippen molar-refractivity contribution in [3.63, 3.8) is 0 Å². The van der Waals surface area contributed by atoms with Crippen molar-refractivity contribution in [1.82, 2.24) is 24.6 Å². The molecule has 190 valence electrons. The van der Waals surface area contributed by atoms with Gasteiger partial charge >= 0.3 is 12.5 Å². The topological polar surface area (TPSA) is 82.4 Å². The summed E-state index contributed by atoms with van der Waals surface area (Å²) in [5.41, 5.74) is -1.41. The molecule has 0 radical (unpaired) electrons. The van der Waals surface area contributed by atoms with Gasteiger partial charge in [0.05, 0.1) is 35.4 Å². The zero-order valence-electron chi connectivity index (χ0n) is 17.8. The fraction of sp³-hybridized carbons (Fsp3) is 0.333. The molecule has 1 fully saturated rings. The van der Waals surface area contributed by atoms with Crippen LogP contribution in [0.5, 0.6) is 5.75 Å². The number of carbonyl (C=O) groups excluding carboxylic acids is 1. The SMILES string of the molecule is O=C(c1cccc(C(F)(F)F)c1Cl)N1[C@H]2COC[C@@H]1c1nnc(-c3cc(OC(F)(F)F)ccn3)n1C2. The number of rotatable bonds is 3. The average Bonchev–Trinajstić information content (AvgIpc) is 3.20. The Bertz CT molecular complexity index is 1330. The van der Waals surface area contributed by atoms with Crippen molar-refractivity contribution in [3.05, 3.63) is 58.5 Å². The summed E-state index contributed by atoms with van der Waals surface area (Å²) in [6, 6.07) is 3.71. The fourth-order valence-corrected chi connectivity index (χ4v) is 4.62. The van der Waals surface area contributed by atoms with Gasteiger partial charge in [-0.25, -0.2) is 0 Å². The third-order valence-corrected chi connectivity index (χ3v) is 6.16. The molecule has 1 aromatic carbocycles. The first kappa shape index (κ1) is 24.3. The van der Waals surface area contributed by atoms with Gasteiger partial charge < -0.3 is 18.9 Å². The first-order chi connectivity index (χ1) is 16.9. The van der Waals surface area contributed by atoms with Gasteiger partial charge in [-0.2, -0.15) is 13.2 Å². The molecule has 5 rings (SSSR count). The lowest BCUT2D eigenvalue weighted by Gasteiger charge is -2.45. The number of aromatic nitrogens is 4. The lowest BCUT2D eigenvalue weighted by atomic mass is 10.0. The number of hydrogen-bond donors (Lipinski definition) is 0. The largest absolute Gasteiger partial charge is 0.573 e. The molecule has 0 N–H and O–H groups in total. The highest BCUT2D eigenvalue weighted by Gasteiger charge is 2.45. The lowest BCUT2D eigenvalue weighted by Crippen LogP contribution is -2.56. The van der Waals surface area contributed by atoms with Crippen molar-refractivity contribution < 1.29 is 40.6 Å². The Morgan fingerprint density at radius 2 is 1.89 bits per heavy atom. The molecule has 0 unspecified atom stereocenters. The smallest absolute Gasteiger partial charge is 0.406 e. The van der Waals surface area contributed by atoms with E-state index in [0.717, 1.165) is 30.5 Å². The minimum atomic E-state index is -4.90. The Hall–Kier alpha value is -3.39. The molecule has 2 atom stereocenters. The van der Waals surface area contributed by atoms with Gasteiger partial charge in [-0.05, 0) is 18.2 Å². The molecular formula is C21H14ClF6N5O3. The molecule has 0 spiro atoms. The highest BCUT2D eigenvalue weighted by atomic mass is 35.5. The first-order valence-corrected chi connectivity index (χ1v) is 10.7. The van der Waals surface area contributed by atoms with Crippen LogP contribution in [-0.2, 0) is 17.5 Å². The van der Waals surface area contributed by atoms with E-state index in [1.165, 1.54) is 11.0 Å². The second-order valence-corrected chi connectivity index (χ2v) is 8.38. The van der Waals surface area contributed by atoms with Crippen molar-refractivity contribution in [3.8, 4) is 17.3 Å². The molecular weight excluding hydrogens is 520 g/mol. The molecule has 0 aliphatic carbocycles. The number of carbonyl (C=O) groups is 1. The van der Waals surface area contributed by atoms with Gasteiger partial charge in [0.25, 0.3) is 5.91 Å². The monoisotopic (exact) mass is 533 g/mol. The molecule has 2 aliphatic heterocycles. The summed E-state index contributed by atoms with van der Waals surface area (Å²) in [5, 5.41) is 7.41. The molecule has 2 aromatic heterocycles. The van der Waals surface area contributed by atoms with Crippen molar-refractivity contribution in [2.24, 2.45) is 0 Å². The molecule has 1 saturated heterocycles. The van der Waals surface area contributed by atoms with E-state index in [-0.39, 0.29) is 42.7 Å². The minimum absolute atomic E-state index is 0.0262. The number of morpholine rings is 1. The number of alkyl halides is 6. The summed E-state index contributed by atoms with van der Waals surface area (Å²) < 4.78 is 88.9. The van der Waals surface area contributed by atoms with Crippen molar-refractivity contribution in [2.45, 2.75) is 31.2 Å². The summed E-state index contributed by atoms with van der Waals surface area (Å²) in [7, 11) is 0. The summed E-state index contributed by atoms with van der Waals surface area (Å²) in [6.07, 6.45) is -8.53. The van der Waals surface area contributed by atoms with Gasteiger partial charge in [0.1, 0.15) is 17.5 Å². The van der Waals surface area contributed by atoms with Crippen LogP contribution in [0.1, 0.15) is 27.8 Å². The molecule has 8 nitrogen and oxygen atoms in total. The molecule has 0 saturated carbocycles. The van der Waals surface area contributed by atoms with Crippen LogP contribution in [0.3, 0.4) is 0 Å². The van der Waals surface area contributed by atoms with Gasteiger partial charge in [0.2, 0.25) is 0 Å². The Kier molecular flexibility index (Phi) is 5.82. The molecule has 2 aliphatic rings. The highest BCUT2D eigenvalue weighted by molar-refractivity contribution is 6.34. The Labute approximate surface area is 203 Å². The van der Waals surface area contributed by atoms with Gasteiger partial charge in [0, 0.05) is 18.8 Å². The van der Waals surface area contributed by atoms with Crippen molar-refractivity contribution >= 4 is 17.5 Å². The number of hydrogen-bond acceptors (Lipinski definition) is 6. The summed E-state index contributed by atoms with van der Waals surface area (Å²) in [5.74, 6) is -0.862. The molecule has 2 bridgehead atoms. The van der Waals surface area contributed by atoms with Gasteiger partial charge in [0.15, 0.2) is 11.6 Å². The van der Waals surface area contributed by atoms with Crippen LogP contribution >= 0.6 is 11.6 Å². The number of fused-ring (bicyclic) bond motifs is 4. The Balaban J connectivity index is 1.50. The maximum Gasteiger partial charge on any atom is 0.573 e. The number of amides is 1. The number of halogens is 7. The molecule has 15 heteroatoms. The maximum absolute atomic E-state index is 13.4. The predicted molar refractivity (Wildman–Crippen MR) is 110 cm³/mol.